The van der Waals surface area contributed by atoms with E-state index in [9.17, 15) is 4.79 Å². The molecule has 10 nitrogen and oxygen atoms in total. The average Bonchev–Trinajstić information content (AvgIpc) is 3.61. The fraction of sp³-hybridized carbons (Fsp3) is 0.227. The lowest BCUT2D eigenvalue weighted by Crippen LogP contribution is -2.20. The zero-order chi connectivity index (χ0) is 22.8. The minimum atomic E-state index is -0.296. The van der Waals surface area contributed by atoms with E-state index in [0.717, 1.165) is 40.7 Å². The number of amides is 1. The first-order chi connectivity index (χ1) is 16.1. The van der Waals surface area contributed by atoms with Crippen molar-refractivity contribution in [3.63, 3.8) is 0 Å². The van der Waals surface area contributed by atoms with Crippen LogP contribution in [0.1, 0.15) is 28.6 Å². The van der Waals surface area contributed by atoms with E-state index in [1.807, 2.05) is 60.3 Å². The van der Waals surface area contributed by atoms with Crippen molar-refractivity contribution in [3.8, 4) is 11.1 Å². The molecular weight excluding hydrogens is 438 g/mol. The first kappa shape index (κ1) is 21.0. The second-order valence-corrected chi connectivity index (χ2v) is 8.72. The van der Waals surface area contributed by atoms with Gasteiger partial charge in [0.25, 0.3) is 5.91 Å². The van der Waals surface area contributed by atoms with E-state index in [-0.39, 0.29) is 11.9 Å². The number of hydrogen-bond acceptors (Lipinski definition) is 7. The molecule has 0 aliphatic heterocycles. The van der Waals surface area contributed by atoms with Gasteiger partial charge in [0, 0.05) is 28.7 Å². The number of nitrogens with one attached hydrogen (secondary N) is 3. The molecule has 1 aromatic carbocycles. The first-order valence-electron chi connectivity index (χ1n) is 10.4. The first-order valence-corrected chi connectivity index (χ1v) is 11.4. The van der Waals surface area contributed by atoms with Crippen LogP contribution in [0, 0.1) is 0 Å². The summed E-state index contributed by atoms with van der Waals surface area (Å²) in [5.74, 6) is -0.296. The number of nitrogens with zero attached hydrogens (tertiary/aromatic N) is 6. The molecule has 11 heteroatoms. The number of anilines is 1. The summed E-state index contributed by atoms with van der Waals surface area (Å²) in [5, 5.41) is 24.2. The molecule has 0 fully saturated rings. The third kappa shape index (κ3) is 4.41. The summed E-state index contributed by atoms with van der Waals surface area (Å²) in [6, 6.07) is 5.78. The van der Waals surface area contributed by atoms with Gasteiger partial charge in [0.2, 0.25) is 0 Å². The number of rotatable bonds is 8. The van der Waals surface area contributed by atoms with Crippen molar-refractivity contribution in [2.24, 2.45) is 0 Å². The van der Waals surface area contributed by atoms with Crippen LogP contribution in [0.15, 0.2) is 53.9 Å². The normalized spacial score (nSPS) is 12.5. The molecule has 5 rings (SSSR count). The van der Waals surface area contributed by atoms with Crippen LogP contribution >= 0.6 is 11.3 Å². The SMILES string of the molecule is CN(C)CCC(c1cscn1)n1cc(NC(=O)c2n[nH]c3cc(-c4cn[nH]c4)ccc23)cn1. The second kappa shape index (κ2) is 8.96. The standard InChI is InChI=1S/C22H23N9OS/c1-30(2)6-5-20(19-12-33-13-23-19)31-11-16(10-26-31)27-22(32)21-17-4-3-14(7-18(17)28-29-21)15-8-24-25-9-15/h3-4,7-13,20H,5-6H2,1-2H3,(H,24,25)(H,27,32)(H,28,29). The molecule has 0 spiro atoms. The van der Waals surface area contributed by atoms with Crippen LogP contribution in [0.25, 0.3) is 22.0 Å². The smallest absolute Gasteiger partial charge is 0.276 e. The topological polar surface area (TPSA) is 120 Å². The van der Waals surface area contributed by atoms with Crippen LogP contribution in [0.4, 0.5) is 5.69 Å². The Hall–Kier alpha value is -3.83. The summed E-state index contributed by atoms with van der Waals surface area (Å²) in [5.41, 5.74) is 6.46. The van der Waals surface area contributed by atoms with Crippen LogP contribution in [0.2, 0.25) is 0 Å². The van der Waals surface area contributed by atoms with Gasteiger partial charge in [-0.05, 0) is 44.8 Å². The van der Waals surface area contributed by atoms with Crippen LogP contribution in [0.3, 0.4) is 0 Å². The maximum atomic E-state index is 13.0. The van der Waals surface area contributed by atoms with Crippen LogP contribution in [0.5, 0.6) is 0 Å². The highest BCUT2D eigenvalue weighted by atomic mass is 32.1. The average molecular weight is 462 g/mol. The molecular formula is C22H23N9OS. The molecule has 1 amide bonds. The van der Waals surface area contributed by atoms with E-state index >= 15 is 0 Å². The predicted molar refractivity (Wildman–Crippen MR) is 127 cm³/mol. The molecule has 168 valence electrons. The molecule has 0 aliphatic rings. The van der Waals surface area contributed by atoms with E-state index in [1.165, 1.54) is 0 Å². The molecule has 4 heterocycles. The summed E-state index contributed by atoms with van der Waals surface area (Å²) >= 11 is 1.56. The minimum absolute atomic E-state index is 0.00291. The molecule has 4 aromatic heterocycles. The van der Waals surface area contributed by atoms with Crippen LogP contribution in [-0.4, -0.2) is 66.6 Å². The Kier molecular flexibility index (Phi) is 5.71. The van der Waals surface area contributed by atoms with Gasteiger partial charge in [-0.2, -0.15) is 15.3 Å². The van der Waals surface area contributed by atoms with Crippen molar-refractivity contribution in [2.45, 2.75) is 12.5 Å². The van der Waals surface area contributed by atoms with Gasteiger partial charge < -0.3 is 10.2 Å². The summed E-state index contributed by atoms with van der Waals surface area (Å²) in [4.78, 5) is 19.6. The van der Waals surface area contributed by atoms with E-state index in [1.54, 1.807) is 23.7 Å². The maximum absolute atomic E-state index is 13.0. The highest BCUT2D eigenvalue weighted by Gasteiger charge is 2.19. The van der Waals surface area contributed by atoms with E-state index in [2.05, 4.69) is 40.7 Å². The predicted octanol–water partition coefficient (Wildman–Crippen LogP) is 3.40. The van der Waals surface area contributed by atoms with Gasteiger partial charge in [-0.3, -0.25) is 19.7 Å². The quantitative estimate of drug-likeness (QED) is 0.326. The highest BCUT2D eigenvalue weighted by Crippen LogP contribution is 2.26. The number of aromatic amines is 2. The maximum Gasteiger partial charge on any atom is 0.276 e. The molecule has 5 aromatic rings. The summed E-state index contributed by atoms with van der Waals surface area (Å²) in [6.07, 6.45) is 7.91. The summed E-state index contributed by atoms with van der Waals surface area (Å²) in [7, 11) is 4.08. The van der Waals surface area contributed by atoms with Gasteiger partial charge in [-0.15, -0.1) is 11.3 Å². The van der Waals surface area contributed by atoms with Gasteiger partial charge >= 0.3 is 0 Å². The molecule has 0 saturated heterocycles. The molecule has 1 unspecified atom stereocenters. The van der Waals surface area contributed by atoms with E-state index in [0.29, 0.717) is 11.4 Å². The third-order valence-corrected chi connectivity index (χ3v) is 6.04. The van der Waals surface area contributed by atoms with Crippen LogP contribution in [-0.2, 0) is 0 Å². The van der Waals surface area contributed by atoms with Crippen molar-refractivity contribution in [2.75, 3.05) is 26.0 Å². The largest absolute Gasteiger partial charge is 0.318 e. The number of hydrogen-bond donors (Lipinski definition) is 3. The molecule has 0 radical (unpaired) electrons. The summed E-state index contributed by atoms with van der Waals surface area (Å²) in [6.45, 7) is 0.893. The lowest BCUT2D eigenvalue weighted by atomic mass is 10.1. The molecule has 3 N–H and O–H groups in total. The molecule has 33 heavy (non-hydrogen) atoms. The van der Waals surface area contributed by atoms with Crippen molar-refractivity contribution in [3.05, 3.63) is 65.3 Å². The van der Waals surface area contributed by atoms with Crippen molar-refractivity contribution < 1.29 is 4.79 Å². The number of aromatic nitrogens is 7. The highest BCUT2D eigenvalue weighted by molar-refractivity contribution is 7.07. The Morgan fingerprint density at radius 1 is 1.27 bits per heavy atom. The van der Waals surface area contributed by atoms with Gasteiger partial charge in [-0.25, -0.2) is 4.98 Å². The van der Waals surface area contributed by atoms with Gasteiger partial charge in [0.1, 0.15) is 0 Å². The zero-order valence-corrected chi connectivity index (χ0v) is 19.0. The van der Waals surface area contributed by atoms with E-state index < -0.39 is 0 Å². The van der Waals surface area contributed by atoms with E-state index in [4.69, 9.17) is 0 Å². The number of fused-ring (bicyclic) bond motifs is 1. The van der Waals surface area contributed by atoms with Crippen molar-refractivity contribution in [1.82, 2.24) is 40.1 Å². The van der Waals surface area contributed by atoms with Gasteiger partial charge in [-0.1, -0.05) is 6.07 Å². The molecule has 0 aliphatic carbocycles. The number of H-pyrrole nitrogens is 2. The van der Waals surface area contributed by atoms with Crippen molar-refractivity contribution >= 4 is 33.8 Å². The molecule has 1 atom stereocenters. The van der Waals surface area contributed by atoms with Gasteiger partial charge in [0.15, 0.2) is 5.69 Å². The van der Waals surface area contributed by atoms with Crippen molar-refractivity contribution in [1.29, 1.82) is 0 Å². The number of thiazole rings is 1. The molecule has 0 bridgehead atoms. The number of benzene rings is 1. The Labute approximate surface area is 193 Å². The van der Waals surface area contributed by atoms with Crippen LogP contribution < -0.4 is 5.32 Å². The lowest BCUT2D eigenvalue weighted by Gasteiger charge is -2.18. The fourth-order valence-electron chi connectivity index (χ4n) is 3.73. The fourth-order valence-corrected chi connectivity index (χ4v) is 4.33. The summed E-state index contributed by atoms with van der Waals surface area (Å²) < 4.78 is 1.86. The zero-order valence-electron chi connectivity index (χ0n) is 18.2. The Bertz CT molecular complexity index is 1350. The third-order valence-electron chi connectivity index (χ3n) is 5.43. The Morgan fingerprint density at radius 3 is 2.94 bits per heavy atom. The number of carbonyl (C=O) groups is 1. The minimum Gasteiger partial charge on any atom is -0.318 e. The van der Waals surface area contributed by atoms with Gasteiger partial charge in [0.05, 0.1) is 40.8 Å². The lowest BCUT2D eigenvalue weighted by molar-refractivity contribution is 0.102. The molecule has 0 saturated carbocycles. The second-order valence-electron chi connectivity index (χ2n) is 8.00. The Morgan fingerprint density at radius 2 is 2.18 bits per heavy atom. The Balaban J connectivity index is 1.35. The monoisotopic (exact) mass is 461 g/mol. The number of carbonyl (C=O) groups excluding carboxylic acids is 1.